The van der Waals surface area contributed by atoms with Gasteiger partial charge in [0.1, 0.15) is 5.75 Å². The van der Waals surface area contributed by atoms with Crippen LogP contribution in [0.15, 0.2) is 48.5 Å². The predicted molar refractivity (Wildman–Crippen MR) is 113 cm³/mol. The Morgan fingerprint density at radius 1 is 1.07 bits per heavy atom. The summed E-state index contributed by atoms with van der Waals surface area (Å²) in [6, 6.07) is 14.5. The van der Waals surface area contributed by atoms with Gasteiger partial charge in [0.15, 0.2) is 0 Å². The maximum absolute atomic E-state index is 12.3. The van der Waals surface area contributed by atoms with Gasteiger partial charge in [-0.3, -0.25) is 9.59 Å². The maximum atomic E-state index is 12.3. The van der Waals surface area contributed by atoms with Crippen molar-refractivity contribution in [3.8, 4) is 5.75 Å². The summed E-state index contributed by atoms with van der Waals surface area (Å²) in [5.41, 5.74) is 1.91. The zero-order valence-electron chi connectivity index (χ0n) is 16.7. The summed E-state index contributed by atoms with van der Waals surface area (Å²) in [5, 5.41) is 8.77. The van der Waals surface area contributed by atoms with E-state index >= 15 is 0 Å². The number of para-hydroxylation sites is 2. The van der Waals surface area contributed by atoms with Gasteiger partial charge in [0, 0.05) is 17.3 Å². The Kier molecular flexibility index (Phi) is 8.34. The Labute approximate surface area is 166 Å². The van der Waals surface area contributed by atoms with E-state index in [4.69, 9.17) is 4.74 Å². The molecule has 0 saturated heterocycles. The first kappa shape index (κ1) is 21.3. The molecule has 0 aliphatic carbocycles. The minimum absolute atomic E-state index is 0.0644. The molecule has 6 nitrogen and oxygen atoms in total. The van der Waals surface area contributed by atoms with Crippen molar-refractivity contribution >= 4 is 23.2 Å². The third kappa shape index (κ3) is 6.95. The smallest absolute Gasteiger partial charge is 0.251 e. The standard InChI is InChI=1S/C22H29N3O3/c1-4-5-13-28-20-12-7-6-11-19(20)25-21(26)15-23-18-10-8-9-17(14-18)22(27)24-16(2)3/h6-12,14,16,23H,4-5,13,15H2,1-3H3,(H,24,27)(H,25,26). The fourth-order valence-electron chi connectivity index (χ4n) is 2.51. The lowest BCUT2D eigenvalue weighted by atomic mass is 10.1. The van der Waals surface area contributed by atoms with Crippen molar-refractivity contribution in [2.45, 2.75) is 39.7 Å². The summed E-state index contributed by atoms with van der Waals surface area (Å²) in [6.45, 7) is 6.62. The van der Waals surface area contributed by atoms with E-state index in [1.165, 1.54) is 0 Å². The van der Waals surface area contributed by atoms with Gasteiger partial charge in [-0.05, 0) is 50.6 Å². The average Bonchev–Trinajstić information content (AvgIpc) is 2.67. The molecule has 3 N–H and O–H groups in total. The molecule has 0 aromatic heterocycles. The van der Waals surface area contributed by atoms with Gasteiger partial charge in [-0.2, -0.15) is 0 Å². The molecule has 0 fully saturated rings. The van der Waals surface area contributed by atoms with Crippen LogP contribution in [0.1, 0.15) is 44.0 Å². The first-order valence-corrected chi connectivity index (χ1v) is 9.66. The topological polar surface area (TPSA) is 79.5 Å². The molecule has 0 spiro atoms. The lowest BCUT2D eigenvalue weighted by Crippen LogP contribution is -2.30. The third-order valence-corrected chi connectivity index (χ3v) is 3.91. The number of amides is 2. The van der Waals surface area contributed by atoms with Crippen LogP contribution in [0, 0.1) is 0 Å². The summed E-state index contributed by atoms with van der Waals surface area (Å²) in [7, 11) is 0. The lowest BCUT2D eigenvalue weighted by molar-refractivity contribution is -0.114. The van der Waals surface area contributed by atoms with Gasteiger partial charge in [-0.1, -0.05) is 31.5 Å². The van der Waals surface area contributed by atoms with Gasteiger partial charge in [0.25, 0.3) is 5.91 Å². The van der Waals surface area contributed by atoms with Gasteiger partial charge in [-0.15, -0.1) is 0 Å². The van der Waals surface area contributed by atoms with Gasteiger partial charge < -0.3 is 20.7 Å². The quantitative estimate of drug-likeness (QED) is 0.541. The Bertz CT molecular complexity index is 790. The van der Waals surface area contributed by atoms with Crippen LogP contribution >= 0.6 is 0 Å². The normalized spacial score (nSPS) is 10.4. The highest BCUT2D eigenvalue weighted by molar-refractivity contribution is 5.96. The van der Waals surface area contributed by atoms with Crippen molar-refractivity contribution in [1.82, 2.24) is 5.32 Å². The Balaban J connectivity index is 1.92. The molecule has 2 amide bonds. The minimum atomic E-state index is -0.191. The zero-order valence-corrected chi connectivity index (χ0v) is 16.7. The molecular weight excluding hydrogens is 354 g/mol. The van der Waals surface area contributed by atoms with Crippen molar-refractivity contribution in [3.05, 3.63) is 54.1 Å². The van der Waals surface area contributed by atoms with Crippen LogP contribution in [0.4, 0.5) is 11.4 Å². The van der Waals surface area contributed by atoms with Crippen LogP contribution in [-0.2, 0) is 4.79 Å². The fraction of sp³-hybridized carbons (Fsp3) is 0.364. The summed E-state index contributed by atoms with van der Waals surface area (Å²) < 4.78 is 5.74. The number of hydrogen-bond donors (Lipinski definition) is 3. The highest BCUT2D eigenvalue weighted by atomic mass is 16.5. The molecule has 0 bridgehead atoms. The van der Waals surface area contributed by atoms with Gasteiger partial charge in [0.2, 0.25) is 5.91 Å². The molecule has 0 radical (unpaired) electrons. The molecule has 0 aliphatic heterocycles. The van der Waals surface area contributed by atoms with Crippen molar-refractivity contribution in [2.24, 2.45) is 0 Å². The molecular formula is C22H29N3O3. The zero-order chi connectivity index (χ0) is 20.4. The van der Waals surface area contributed by atoms with E-state index in [1.807, 2.05) is 44.2 Å². The summed E-state index contributed by atoms with van der Waals surface area (Å²) >= 11 is 0. The SMILES string of the molecule is CCCCOc1ccccc1NC(=O)CNc1cccc(C(=O)NC(C)C)c1. The predicted octanol–water partition coefficient (Wildman–Crippen LogP) is 4.05. The number of carbonyl (C=O) groups excluding carboxylic acids is 2. The third-order valence-electron chi connectivity index (χ3n) is 3.91. The summed E-state index contributed by atoms with van der Waals surface area (Å²) in [4.78, 5) is 24.4. The Morgan fingerprint density at radius 2 is 1.86 bits per heavy atom. The fourth-order valence-corrected chi connectivity index (χ4v) is 2.51. The number of rotatable bonds is 10. The summed E-state index contributed by atoms with van der Waals surface area (Å²) in [5.74, 6) is 0.335. The molecule has 150 valence electrons. The summed E-state index contributed by atoms with van der Waals surface area (Å²) in [6.07, 6.45) is 2.01. The number of ether oxygens (including phenoxy) is 1. The minimum Gasteiger partial charge on any atom is -0.491 e. The number of hydrogen-bond acceptors (Lipinski definition) is 4. The average molecular weight is 383 g/mol. The van der Waals surface area contributed by atoms with Crippen molar-refractivity contribution in [3.63, 3.8) is 0 Å². The second-order valence-electron chi connectivity index (χ2n) is 6.81. The van der Waals surface area contributed by atoms with E-state index in [0.29, 0.717) is 29.3 Å². The van der Waals surface area contributed by atoms with E-state index < -0.39 is 0 Å². The molecule has 0 saturated carbocycles. The molecule has 0 unspecified atom stereocenters. The molecule has 0 heterocycles. The van der Waals surface area contributed by atoms with E-state index in [1.54, 1.807) is 18.2 Å². The van der Waals surface area contributed by atoms with Crippen molar-refractivity contribution in [2.75, 3.05) is 23.8 Å². The maximum Gasteiger partial charge on any atom is 0.251 e. The van der Waals surface area contributed by atoms with E-state index in [9.17, 15) is 9.59 Å². The molecule has 28 heavy (non-hydrogen) atoms. The van der Waals surface area contributed by atoms with Crippen LogP contribution in [-0.4, -0.2) is 31.0 Å². The first-order valence-electron chi connectivity index (χ1n) is 9.66. The second kappa shape index (κ2) is 11.0. The number of anilines is 2. The van der Waals surface area contributed by atoms with Gasteiger partial charge >= 0.3 is 0 Å². The molecule has 0 aliphatic rings. The molecule has 6 heteroatoms. The van der Waals surface area contributed by atoms with Crippen LogP contribution in [0.5, 0.6) is 5.75 Å². The number of unbranched alkanes of at least 4 members (excludes halogenated alkanes) is 1. The molecule has 2 aromatic carbocycles. The number of carbonyl (C=O) groups is 2. The van der Waals surface area contributed by atoms with Crippen LogP contribution in [0.25, 0.3) is 0 Å². The monoisotopic (exact) mass is 383 g/mol. The van der Waals surface area contributed by atoms with Crippen LogP contribution in [0.2, 0.25) is 0 Å². The number of benzene rings is 2. The van der Waals surface area contributed by atoms with E-state index in [0.717, 1.165) is 12.8 Å². The Hall–Kier alpha value is -3.02. The van der Waals surface area contributed by atoms with E-state index in [2.05, 4.69) is 22.9 Å². The second-order valence-corrected chi connectivity index (χ2v) is 6.81. The number of nitrogens with one attached hydrogen (secondary N) is 3. The molecule has 2 aromatic rings. The largest absolute Gasteiger partial charge is 0.491 e. The van der Waals surface area contributed by atoms with Crippen LogP contribution < -0.4 is 20.7 Å². The van der Waals surface area contributed by atoms with Gasteiger partial charge in [-0.25, -0.2) is 0 Å². The van der Waals surface area contributed by atoms with Crippen LogP contribution in [0.3, 0.4) is 0 Å². The Morgan fingerprint density at radius 3 is 2.61 bits per heavy atom. The highest BCUT2D eigenvalue weighted by Crippen LogP contribution is 2.24. The lowest BCUT2D eigenvalue weighted by Gasteiger charge is -2.13. The van der Waals surface area contributed by atoms with Crippen molar-refractivity contribution < 1.29 is 14.3 Å². The first-order chi connectivity index (χ1) is 13.5. The van der Waals surface area contributed by atoms with Gasteiger partial charge in [0.05, 0.1) is 18.8 Å². The van der Waals surface area contributed by atoms with E-state index in [-0.39, 0.29) is 24.4 Å². The van der Waals surface area contributed by atoms with Crippen molar-refractivity contribution in [1.29, 1.82) is 0 Å². The molecule has 2 rings (SSSR count). The highest BCUT2D eigenvalue weighted by Gasteiger charge is 2.10. The molecule has 0 atom stereocenters.